The number of amides is 1. The van der Waals surface area contributed by atoms with E-state index in [4.69, 9.17) is 25.9 Å². The number of aromatic carboxylic acids is 1. The molecule has 2 N–H and O–H groups in total. The molecule has 1 aliphatic rings. The van der Waals surface area contributed by atoms with Crippen LogP contribution in [0.3, 0.4) is 0 Å². The third-order valence-electron chi connectivity index (χ3n) is 3.85. The van der Waals surface area contributed by atoms with Gasteiger partial charge in [0.1, 0.15) is 17.1 Å². The molecule has 2 heterocycles. The summed E-state index contributed by atoms with van der Waals surface area (Å²) in [5.74, 6) is -0.595. The van der Waals surface area contributed by atoms with Gasteiger partial charge in [-0.05, 0) is 17.7 Å². The largest absolute Gasteiger partial charge is 0.493 e. The number of carbonyl (C=O) groups is 2. The van der Waals surface area contributed by atoms with Gasteiger partial charge in [0.25, 0.3) is 5.91 Å². The maximum absolute atomic E-state index is 12.2. The van der Waals surface area contributed by atoms with Crippen molar-refractivity contribution in [1.82, 2.24) is 5.32 Å². The third kappa shape index (κ3) is 3.10. The quantitative estimate of drug-likeness (QED) is 0.866. The van der Waals surface area contributed by atoms with Crippen LogP contribution in [0.1, 0.15) is 44.7 Å². The Kier molecular flexibility index (Phi) is 4.49. The predicted molar refractivity (Wildman–Crippen MR) is 86.9 cm³/mol. The summed E-state index contributed by atoms with van der Waals surface area (Å²) in [6.45, 7) is 2.57. The highest BCUT2D eigenvalue weighted by Gasteiger charge is 2.21. The lowest BCUT2D eigenvalue weighted by Crippen LogP contribution is -2.22. The predicted octanol–water partition coefficient (Wildman–Crippen LogP) is 3.06. The van der Waals surface area contributed by atoms with Crippen molar-refractivity contribution < 1.29 is 23.8 Å². The number of rotatable bonds is 5. The SMILES string of the molecule is CCc1oc(C(=O)NCc2cc(Cl)cc3c2OCC3)cc1C(=O)O. The number of halogens is 1. The van der Waals surface area contributed by atoms with E-state index in [2.05, 4.69) is 5.32 Å². The first-order valence-corrected chi connectivity index (χ1v) is 7.95. The first-order chi connectivity index (χ1) is 11.5. The molecule has 7 heteroatoms. The Hall–Kier alpha value is -2.47. The van der Waals surface area contributed by atoms with E-state index in [1.54, 1.807) is 13.0 Å². The molecule has 0 atom stereocenters. The number of ether oxygens (including phenoxy) is 1. The fourth-order valence-corrected chi connectivity index (χ4v) is 2.99. The van der Waals surface area contributed by atoms with E-state index in [1.165, 1.54) is 6.07 Å². The van der Waals surface area contributed by atoms with Crippen LogP contribution < -0.4 is 10.1 Å². The molecule has 1 aromatic heterocycles. The van der Waals surface area contributed by atoms with Gasteiger partial charge in [0.15, 0.2) is 5.76 Å². The van der Waals surface area contributed by atoms with Crippen molar-refractivity contribution in [3.8, 4) is 5.75 Å². The Balaban J connectivity index is 1.76. The number of hydrogen-bond donors (Lipinski definition) is 2. The van der Waals surface area contributed by atoms with Crippen LogP contribution in [0.2, 0.25) is 5.02 Å². The molecular weight excluding hydrogens is 334 g/mol. The minimum Gasteiger partial charge on any atom is -0.493 e. The van der Waals surface area contributed by atoms with E-state index >= 15 is 0 Å². The molecular formula is C17H16ClNO5. The summed E-state index contributed by atoms with van der Waals surface area (Å²) in [7, 11) is 0. The van der Waals surface area contributed by atoms with Gasteiger partial charge in [-0.15, -0.1) is 0 Å². The van der Waals surface area contributed by atoms with Crippen LogP contribution in [0.5, 0.6) is 5.75 Å². The van der Waals surface area contributed by atoms with Crippen molar-refractivity contribution in [2.75, 3.05) is 6.61 Å². The van der Waals surface area contributed by atoms with Crippen LogP contribution in [0.25, 0.3) is 0 Å². The number of furan rings is 1. The van der Waals surface area contributed by atoms with Gasteiger partial charge in [0.2, 0.25) is 0 Å². The topological polar surface area (TPSA) is 88.8 Å². The molecule has 3 rings (SSSR count). The van der Waals surface area contributed by atoms with Crippen LogP contribution in [-0.4, -0.2) is 23.6 Å². The Morgan fingerprint density at radius 2 is 2.12 bits per heavy atom. The van der Waals surface area contributed by atoms with Gasteiger partial charge in [-0.2, -0.15) is 0 Å². The molecule has 0 spiro atoms. The lowest BCUT2D eigenvalue weighted by atomic mass is 10.1. The molecule has 0 saturated carbocycles. The molecule has 6 nitrogen and oxygen atoms in total. The van der Waals surface area contributed by atoms with Crippen molar-refractivity contribution in [2.45, 2.75) is 26.3 Å². The van der Waals surface area contributed by atoms with Crippen LogP contribution in [-0.2, 0) is 19.4 Å². The molecule has 24 heavy (non-hydrogen) atoms. The summed E-state index contributed by atoms with van der Waals surface area (Å²) in [5, 5.41) is 12.4. The minimum atomic E-state index is -1.12. The number of hydrogen-bond acceptors (Lipinski definition) is 4. The lowest BCUT2D eigenvalue weighted by Gasteiger charge is -2.09. The fourth-order valence-electron chi connectivity index (χ4n) is 2.72. The summed E-state index contributed by atoms with van der Waals surface area (Å²) < 4.78 is 10.9. The third-order valence-corrected chi connectivity index (χ3v) is 4.07. The Labute approximate surface area is 143 Å². The van der Waals surface area contributed by atoms with E-state index < -0.39 is 11.9 Å². The van der Waals surface area contributed by atoms with Crippen molar-refractivity contribution in [1.29, 1.82) is 0 Å². The molecule has 0 bridgehead atoms. The van der Waals surface area contributed by atoms with Gasteiger partial charge < -0.3 is 19.6 Å². The van der Waals surface area contributed by atoms with E-state index in [9.17, 15) is 9.59 Å². The second kappa shape index (κ2) is 6.57. The van der Waals surface area contributed by atoms with Gasteiger partial charge in [-0.25, -0.2) is 4.79 Å². The summed E-state index contributed by atoms with van der Waals surface area (Å²) in [6.07, 6.45) is 1.18. The molecule has 0 radical (unpaired) electrons. The second-order valence-corrected chi connectivity index (χ2v) is 5.88. The number of carboxylic acids is 1. The number of carbonyl (C=O) groups excluding carboxylic acids is 1. The number of benzene rings is 1. The first-order valence-electron chi connectivity index (χ1n) is 7.58. The van der Waals surface area contributed by atoms with Gasteiger partial charge in [-0.3, -0.25) is 4.79 Å². The lowest BCUT2D eigenvalue weighted by molar-refractivity contribution is 0.0694. The highest BCUT2D eigenvalue weighted by Crippen LogP contribution is 2.32. The van der Waals surface area contributed by atoms with Crippen molar-refractivity contribution in [3.05, 3.63) is 51.4 Å². The molecule has 1 aliphatic heterocycles. The molecule has 1 aromatic carbocycles. The fraction of sp³-hybridized carbons (Fsp3) is 0.294. The standard InChI is InChI=1S/C17H16ClNO5/c1-2-13-12(17(21)22)7-14(24-13)16(20)19-8-10-6-11(18)5-9-3-4-23-15(9)10/h5-7H,2-4,8H2,1H3,(H,19,20)(H,21,22). The molecule has 0 fully saturated rings. The molecule has 0 unspecified atom stereocenters. The van der Waals surface area contributed by atoms with Gasteiger partial charge in [-0.1, -0.05) is 18.5 Å². The van der Waals surface area contributed by atoms with Crippen LogP contribution in [0.4, 0.5) is 0 Å². The van der Waals surface area contributed by atoms with Gasteiger partial charge in [0, 0.05) is 36.0 Å². The normalized spacial score (nSPS) is 12.6. The second-order valence-electron chi connectivity index (χ2n) is 5.44. The van der Waals surface area contributed by atoms with E-state index in [0.29, 0.717) is 18.1 Å². The molecule has 0 aliphatic carbocycles. The Morgan fingerprint density at radius 3 is 2.79 bits per heavy atom. The highest BCUT2D eigenvalue weighted by atomic mass is 35.5. The highest BCUT2D eigenvalue weighted by molar-refractivity contribution is 6.30. The zero-order valence-electron chi connectivity index (χ0n) is 13.0. The number of aryl methyl sites for hydroxylation is 1. The molecule has 1 amide bonds. The monoisotopic (exact) mass is 349 g/mol. The van der Waals surface area contributed by atoms with Gasteiger partial charge in [0.05, 0.1) is 6.61 Å². The molecule has 126 valence electrons. The maximum atomic E-state index is 12.2. The average Bonchev–Trinajstić information content (AvgIpc) is 3.18. The average molecular weight is 350 g/mol. The Morgan fingerprint density at radius 1 is 1.33 bits per heavy atom. The van der Waals surface area contributed by atoms with Crippen LogP contribution in [0, 0.1) is 0 Å². The summed E-state index contributed by atoms with van der Waals surface area (Å²) in [5.41, 5.74) is 1.81. The summed E-state index contributed by atoms with van der Waals surface area (Å²) in [6, 6.07) is 4.85. The first kappa shape index (κ1) is 16.4. The number of fused-ring (bicyclic) bond motifs is 1. The Bertz CT molecular complexity index is 812. The van der Waals surface area contributed by atoms with Crippen LogP contribution in [0.15, 0.2) is 22.6 Å². The van der Waals surface area contributed by atoms with E-state index in [0.717, 1.165) is 23.3 Å². The van der Waals surface area contributed by atoms with E-state index in [1.807, 2.05) is 6.07 Å². The zero-order chi connectivity index (χ0) is 17.3. The maximum Gasteiger partial charge on any atom is 0.339 e. The minimum absolute atomic E-state index is 0.00892. The van der Waals surface area contributed by atoms with E-state index in [-0.39, 0.29) is 23.6 Å². The zero-order valence-corrected chi connectivity index (χ0v) is 13.8. The smallest absolute Gasteiger partial charge is 0.339 e. The number of carboxylic acid groups (broad SMARTS) is 1. The van der Waals surface area contributed by atoms with Crippen LogP contribution >= 0.6 is 11.6 Å². The summed E-state index contributed by atoms with van der Waals surface area (Å²) in [4.78, 5) is 23.4. The van der Waals surface area contributed by atoms with Crippen molar-refractivity contribution in [2.24, 2.45) is 0 Å². The molecule has 0 saturated heterocycles. The summed E-state index contributed by atoms with van der Waals surface area (Å²) >= 11 is 6.09. The number of nitrogens with one attached hydrogen (secondary N) is 1. The molecule has 2 aromatic rings. The van der Waals surface area contributed by atoms with Crippen molar-refractivity contribution in [3.63, 3.8) is 0 Å². The van der Waals surface area contributed by atoms with Gasteiger partial charge >= 0.3 is 5.97 Å². The van der Waals surface area contributed by atoms with Crippen molar-refractivity contribution >= 4 is 23.5 Å².